The third kappa shape index (κ3) is 3.03. The second kappa shape index (κ2) is 6.02. The van der Waals surface area contributed by atoms with E-state index >= 15 is 0 Å². The first-order chi connectivity index (χ1) is 9.61. The minimum absolute atomic E-state index is 0.224. The van der Waals surface area contributed by atoms with Crippen LogP contribution in [0.25, 0.3) is 0 Å². The number of carbonyl (C=O) groups excluding carboxylic acids is 2. The number of aryl methyl sites for hydroxylation is 1. The summed E-state index contributed by atoms with van der Waals surface area (Å²) in [7, 11) is 1.46. The molecule has 4 nitrogen and oxygen atoms in total. The van der Waals surface area contributed by atoms with Crippen LogP contribution in [0.15, 0.2) is 48.5 Å². The van der Waals surface area contributed by atoms with Gasteiger partial charge < -0.3 is 9.47 Å². The maximum atomic E-state index is 12.0. The van der Waals surface area contributed by atoms with Gasteiger partial charge in [-0.25, -0.2) is 9.59 Å². The molecule has 0 spiro atoms. The average Bonchev–Trinajstić information content (AvgIpc) is 2.47. The summed E-state index contributed by atoms with van der Waals surface area (Å²) < 4.78 is 9.97. The Kier molecular flexibility index (Phi) is 4.15. The molecule has 2 aromatic carbocycles. The van der Waals surface area contributed by atoms with Crippen LogP contribution in [0.4, 0.5) is 0 Å². The van der Waals surface area contributed by atoms with E-state index in [1.165, 1.54) is 7.11 Å². The van der Waals surface area contributed by atoms with Gasteiger partial charge in [-0.15, -0.1) is 0 Å². The number of hydrogen-bond acceptors (Lipinski definition) is 4. The predicted octanol–water partition coefficient (Wildman–Crippen LogP) is 3.00. The largest absolute Gasteiger partial charge is 0.496 e. The molecule has 0 saturated carbocycles. The van der Waals surface area contributed by atoms with Crippen molar-refractivity contribution in [1.82, 2.24) is 0 Å². The first-order valence-electron chi connectivity index (χ1n) is 6.08. The van der Waals surface area contributed by atoms with E-state index in [0.29, 0.717) is 11.3 Å². The summed E-state index contributed by atoms with van der Waals surface area (Å²) in [5.41, 5.74) is 1.50. The van der Waals surface area contributed by atoms with E-state index in [-0.39, 0.29) is 5.56 Å². The average molecular weight is 270 g/mol. The molecular weight excluding hydrogens is 256 g/mol. The van der Waals surface area contributed by atoms with Crippen LogP contribution in [-0.2, 0) is 4.74 Å². The third-order valence-corrected chi connectivity index (χ3v) is 2.77. The van der Waals surface area contributed by atoms with E-state index < -0.39 is 11.9 Å². The van der Waals surface area contributed by atoms with Crippen molar-refractivity contribution in [2.24, 2.45) is 0 Å². The van der Waals surface area contributed by atoms with Gasteiger partial charge in [-0.05, 0) is 36.8 Å². The smallest absolute Gasteiger partial charge is 0.349 e. The highest BCUT2D eigenvalue weighted by molar-refractivity contribution is 6.03. The number of hydrogen-bond donors (Lipinski definition) is 0. The Morgan fingerprint density at radius 2 is 1.65 bits per heavy atom. The zero-order valence-corrected chi connectivity index (χ0v) is 11.3. The van der Waals surface area contributed by atoms with Gasteiger partial charge in [0.1, 0.15) is 11.3 Å². The van der Waals surface area contributed by atoms with E-state index in [4.69, 9.17) is 9.47 Å². The van der Waals surface area contributed by atoms with Gasteiger partial charge in [-0.1, -0.05) is 24.3 Å². The lowest BCUT2D eigenvalue weighted by molar-refractivity contribution is 0.0396. The molecule has 0 bridgehead atoms. The van der Waals surface area contributed by atoms with Crippen molar-refractivity contribution >= 4 is 11.9 Å². The summed E-state index contributed by atoms with van der Waals surface area (Å²) in [5.74, 6) is -1.02. The first kappa shape index (κ1) is 13.8. The quantitative estimate of drug-likeness (QED) is 0.635. The molecule has 0 heterocycles. The maximum Gasteiger partial charge on any atom is 0.349 e. The van der Waals surface area contributed by atoms with Crippen LogP contribution in [0, 0.1) is 6.92 Å². The summed E-state index contributed by atoms with van der Waals surface area (Å²) in [5, 5.41) is 0. The topological polar surface area (TPSA) is 52.6 Å². The number of rotatable bonds is 3. The fourth-order valence-electron chi connectivity index (χ4n) is 1.74. The molecule has 0 aromatic heterocycles. The Morgan fingerprint density at radius 1 is 0.950 bits per heavy atom. The van der Waals surface area contributed by atoms with Gasteiger partial charge in [-0.2, -0.15) is 0 Å². The highest BCUT2D eigenvalue weighted by atomic mass is 16.6. The summed E-state index contributed by atoms with van der Waals surface area (Å²) in [6.45, 7) is 1.88. The van der Waals surface area contributed by atoms with Crippen LogP contribution >= 0.6 is 0 Å². The zero-order valence-electron chi connectivity index (χ0n) is 11.3. The van der Waals surface area contributed by atoms with Crippen molar-refractivity contribution in [2.75, 3.05) is 7.11 Å². The molecule has 0 N–H and O–H groups in total. The Morgan fingerprint density at radius 3 is 2.30 bits per heavy atom. The molecule has 0 amide bonds. The molecule has 102 valence electrons. The number of ether oxygens (including phenoxy) is 2. The van der Waals surface area contributed by atoms with Crippen LogP contribution < -0.4 is 4.74 Å². The lowest BCUT2D eigenvalue weighted by Gasteiger charge is -2.08. The monoisotopic (exact) mass is 270 g/mol. The number of esters is 2. The van der Waals surface area contributed by atoms with Crippen molar-refractivity contribution in [3.05, 3.63) is 65.2 Å². The fraction of sp³-hybridized carbons (Fsp3) is 0.125. The molecular formula is C16H14O4. The molecule has 0 aliphatic carbocycles. The van der Waals surface area contributed by atoms with Gasteiger partial charge >= 0.3 is 11.9 Å². The summed E-state index contributed by atoms with van der Waals surface area (Å²) in [6, 6.07) is 13.4. The Bertz CT molecular complexity index is 632. The van der Waals surface area contributed by atoms with E-state index in [1.807, 2.05) is 6.92 Å². The predicted molar refractivity (Wildman–Crippen MR) is 73.9 cm³/mol. The highest BCUT2D eigenvalue weighted by Crippen LogP contribution is 2.21. The van der Waals surface area contributed by atoms with Crippen LogP contribution in [0.1, 0.15) is 26.3 Å². The molecule has 0 fully saturated rings. The Balaban J connectivity index is 2.19. The summed E-state index contributed by atoms with van der Waals surface area (Å²) in [6.07, 6.45) is 0. The zero-order chi connectivity index (χ0) is 14.5. The molecule has 0 atom stereocenters. The molecule has 0 saturated heterocycles. The van der Waals surface area contributed by atoms with Crippen LogP contribution in [0.3, 0.4) is 0 Å². The SMILES string of the molecule is COc1cc(C)ccc1C(=O)OC(=O)c1ccccc1. The van der Waals surface area contributed by atoms with Crippen molar-refractivity contribution in [3.63, 3.8) is 0 Å². The third-order valence-electron chi connectivity index (χ3n) is 2.77. The number of methoxy groups -OCH3 is 1. The molecule has 0 unspecified atom stereocenters. The van der Waals surface area contributed by atoms with Crippen molar-refractivity contribution in [3.8, 4) is 5.75 Å². The van der Waals surface area contributed by atoms with Crippen LogP contribution in [0.2, 0.25) is 0 Å². The lowest BCUT2D eigenvalue weighted by Crippen LogP contribution is -2.13. The van der Waals surface area contributed by atoms with Crippen molar-refractivity contribution in [2.45, 2.75) is 6.92 Å². The van der Waals surface area contributed by atoms with Gasteiger partial charge in [0.15, 0.2) is 0 Å². The number of benzene rings is 2. The van der Waals surface area contributed by atoms with Gasteiger partial charge in [0.2, 0.25) is 0 Å². The van der Waals surface area contributed by atoms with Gasteiger partial charge in [0, 0.05) is 0 Å². The highest BCUT2D eigenvalue weighted by Gasteiger charge is 2.18. The molecule has 4 heteroatoms. The molecule has 20 heavy (non-hydrogen) atoms. The van der Waals surface area contributed by atoms with Crippen molar-refractivity contribution < 1.29 is 19.1 Å². The van der Waals surface area contributed by atoms with Crippen molar-refractivity contribution in [1.29, 1.82) is 0 Å². The number of carbonyl (C=O) groups is 2. The van der Waals surface area contributed by atoms with Crippen LogP contribution in [0.5, 0.6) is 5.75 Å². The fourth-order valence-corrected chi connectivity index (χ4v) is 1.74. The lowest BCUT2D eigenvalue weighted by atomic mass is 10.1. The minimum atomic E-state index is -0.726. The minimum Gasteiger partial charge on any atom is -0.496 e. The summed E-state index contributed by atoms with van der Waals surface area (Å²) in [4.78, 5) is 23.8. The van der Waals surface area contributed by atoms with Gasteiger partial charge in [0.25, 0.3) is 0 Å². The molecule has 0 radical (unpaired) electrons. The maximum absolute atomic E-state index is 12.0. The van der Waals surface area contributed by atoms with E-state index in [1.54, 1.807) is 48.5 Å². The van der Waals surface area contributed by atoms with Gasteiger partial charge in [-0.3, -0.25) is 0 Å². The Hall–Kier alpha value is -2.62. The second-order valence-electron chi connectivity index (χ2n) is 4.25. The summed E-state index contributed by atoms with van der Waals surface area (Å²) >= 11 is 0. The second-order valence-corrected chi connectivity index (χ2v) is 4.25. The van der Waals surface area contributed by atoms with E-state index in [9.17, 15) is 9.59 Å². The van der Waals surface area contributed by atoms with E-state index in [0.717, 1.165) is 5.56 Å². The first-order valence-corrected chi connectivity index (χ1v) is 6.08. The van der Waals surface area contributed by atoms with E-state index in [2.05, 4.69) is 0 Å². The van der Waals surface area contributed by atoms with Crippen LogP contribution in [-0.4, -0.2) is 19.0 Å². The molecule has 2 aromatic rings. The Labute approximate surface area is 116 Å². The van der Waals surface area contributed by atoms with Gasteiger partial charge in [0.05, 0.1) is 12.7 Å². The standard InChI is InChI=1S/C16H14O4/c1-11-8-9-13(14(10-11)19-2)16(18)20-15(17)12-6-4-3-5-7-12/h3-10H,1-2H3. The molecule has 2 rings (SSSR count). The molecule has 0 aliphatic rings. The normalized spacial score (nSPS) is 9.90. The molecule has 0 aliphatic heterocycles.